The summed E-state index contributed by atoms with van der Waals surface area (Å²) < 4.78 is 6.91. The predicted octanol–water partition coefficient (Wildman–Crippen LogP) is 4.54. The molecule has 1 unspecified atom stereocenters. The van der Waals surface area contributed by atoms with E-state index in [4.69, 9.17) is 16.3 Å². The summed E-state index contributed by atoms with van der Waals surface area (Å²) in [6.45, 7) is 0.752. The molecule has 0 fully saturated rings. The van der Waals surface area contributed by atoms with Gasteiger partial charge in [-0.15, -0.1) is 0 Å². The zero-order chi connectivity index (χ0) is 14.8. The van der Waals surface area contributed by atoms with Crippen LogP contribution in [-0.2, 0) is 12.8 Å². The first-order valence-corrected chi connectivity index (χ1v) is 8.22. The Bertz CT molecular complexity index is 659. The summed E-state index contributed by atoms with van der Waals surface area (Å²) in [6, 6.07) is 12.5. The molecule has 3 rings (SSSR count). The summed E-state index contributed by atoms with van der Waals surface area (Å²) in [6.07, 6.45) is 1.80. The highest BCUT2D eigenvalue weighted by Crippen LogP contribution is 2.36. The fourth-order valence-corrected chi connectivity index (χ4v) is 3.67. The summed E-state index contributed by atoms with van der Waals surface area (Å²) >= 11 is 9.88. The topological polar surface area (TPSA) is 21.3 Å². The number of likely N-dealkylation sites (N-methyl/N-ethyl adjacent to an activating group) is 1. The van der Waals surface area contributed by atoms with E-state index in [1.54, 1.807) is 0 Å². The maximum absolute atomic E-state index is 6.25. The van der Waals surface area contributed by atoms with Crippen molar-refractivity contribution in [3.8, 4) is 5.75 Å². The number of rotatable bonds is 4. The summed E-state index contributed by atoms with van der Waals surface area (Å²) in [5.74, 6) is 1.02. The van der Waals surface area contributed by atoms with Crippen LogP contribution in [0.4, 0.5) is 0 Å². The van der Waals surface area contributed by atoms with Crippen molar-refractivity contribution in [3.05, 3.63) is 62.6 Å². The summed E-state index contributed by atoms with van der Waals surface area (Å²) in [5, 5.41) is 4.18. The molecule has 0 aromatic heterocycles. The summed E-state index contributed by atoms with van der Waals surface area (Å²) in [5.41, 5.74) is 3.64. The Morgan fingerprint density at radius 3 is 2.90 bits per heavy atom. The minimum Gasteiger partial charge on any atom is -0.493 e. The van der Waals surface area contributed by atoms with Crippen LogP contribution in [0.5, 0.6) is 5.75 Å². The molecule has 0 spiro atoms. The lowest BCUT2D eigenvalue weighted by Crippen LogP contribution is -2.19. The first-order valence-electron chi connectivity index (χ1n) is 7.05. The Balaban J connectivity index is 1.94. The van der Waals surface area contributed by atoms with Crippen LogP contribution in [0.1, 0.15) is 22.7 Å². The lowest BCUT2D eigenvalue weighted by molar-refractivity contribution is 0.352. The standard InChI is InChI=1S/C17H17BrClNO/c1-20-16(14-4-2-3-5-15(14)18)10-12-9-13(19)8-11-6-7-21-17(11)12/h2-5,8-9,16,20H,6-7,10H2,1H3. The van der Waals surface area contributed by atoms with E-state index in [2.05, 4.69) is 39.4 Å². The summed E-state index contributed by atoms with van der Waals surface area (Å²) in [4.78, 5) is 0. The quantitative estimate of drug-likeness (QED) is 0.857. The second-order valence-electron chi connectivity index (χ2n) is 5.22. The fraction of sp³-hybridized carbons (Fsp3) is 0.294. The number of hydrogen-bond acceptors (Lipinski definition) is 2. The predicted molar refractivity (Wildman–Crippen MR) is 90.3 cm³/mol. The minimum atomic E-state index is 0.215. The third-order valence-electron chi connectivity index (χ3n) is 3.88. The number of hydrogen-bond donors (Lipinski definition) is 1. The molecular formula is C17H17BrClNO. The van der Waals surface area contributed by atoms with E-state index in [1.807, 2.05) is 25.2 Å². The molecule has 1 heterocycles. The van der Waals surface area contributed by atoms with Crippen molar-refractivity contribution in [3.63, 3.8) is 0 Å². The zero-order valence-corrected chi connectivity index (χ0v) is 14.2. The molecule has 1 N–H and O–H groups in total. The highest BCUT2D eigenvalue weighted by atomic mass is 79.9. The zero-order valence-electron chi connectivity index (χ0n) is 11.8. The van der Waals surface area contributed by atoms with Gasteiger partial charge in [0.2, 0.25) is 0 Å². The van der Waals surface area contributed by atoms with Crippen LogP contribution in [0.15, 0.2) is 40.9 Å². The van der Waals surface area contributed by atoms with Crippen molar-refractivity contribution >= 4 is 27.5 Å². The highest BCUT2D eigenvalue weighted by Gasteiger charge is 2.21. The first kappa shape index (κ1) is 14.9. The average Bonchev–Trinajstić information content (AvgIpc) is 2.93. The van der Waals surface area contributed by atoms with E-state index in [1.165, 1.54) is 16.7 Å². The smallest absolute Gasteiger partial charge is 0.125 e. The van der Waals surface area contributed by atoms with Crippen LogP contribution < -0.4 is 10.1 Å². The van der Waals surface area contributed by atoms with Crippen molar-refractivity contribution in [1.82, 2.24) is 5.32 Å². The Morgan fingerprint density at radius 2 is 2.14 bits per heavy atom. The van der Waals surface area contributed by atoms with Gasteiger partial charge < -0.3 is 10.1 Å². The third-order valence-corrected chi connectivity index (χ3v) is 4.82. The van der Waals surface area contributed by atoms with Crippen LogP contribution in [0.3, 0.4) is 0 Å². The normalized spacial score (nSPS) is 14.6. The van der Waals surface area contributed by atoms with Crippen molar-refractivity contribution in [1.29, 1.82) is 0 Å². The van der Waals surface area contributed by atoms with E-state index in [9.17, 15) is 0 Å². The second kappa shape index (κ2) is 6.39. The SMILES string of the molecule is CNC(Cc1cc(Cl)cc2c1OCC2)c1ccccc1Br. The molecule has 0 bridgehead atoms. The maximum Gasteiger partial charge on any atom is 0.125 e. The van der Waals surface area contributed by atoms with Crippen LogP contribution in [0.2, 0.25) is 5.02 Å². The minimum absolute atomic E-state index is 0.215. The van der Waals surface area contributed by atoms with E-state index < -0.39 is 0 Å². The molecule has 0 radical (unpaired) electrons. The van der Waals surface area contributed by atoms with Gasteiger partial charge in [0, 0.05) is 22.0 Å². The first-order chi connectivity index (χ1) is 10.2. The molecular weight excluding hydrogens is 350 g/mol. The number of ether oxygens (including phenoxy) is 1. The molecule has 0 saturated carbocycles. The molecule has 21 heavy (non-hydrogen) atoms. The van der Waals surface area contributed by atoms with Crippen LogP contribution in [0, 0.1) is 0 Å². The van der Waals surface area contributed by atoms with Gasteiger partial charge in [0.05, 0.1) is 6.61 Å². The van der Waals surface area contributed by atoms with Crippen LogP contribution >= 0.6 is 27.5 Å². The molecule has 2 nitrogen and oxygen atoms in total. The van der Waals surface area contributed by atoms with Gasteiger partial charge in [-0.25, -0.2) is 0 Å². The van der Waals surface area contributed by atoms with Gasteiger partial charge in [-0.05, 0) is 48.4 Å². The van der Waals surface area contributed by atoms with E-state index in [0.29, 0.717) is 0 Å². The van der Waals surface area contributed by atoms with Gasteiger partial charge in [0.15, 0.2) is 0 Å². The molecule has 1 aliphatic rings. The highest BCUT2D eigenvalue weighted by molar-refractivity contribution is 9.10. The Labute approximate surface area is 138 Å². The lowest BCUT2D eigenvalue weighted by atomic mass is 9.97. The second-order valence-corrected chi connectivity index (χ2v) is 6.51. The molecule has 110 valence electrons. The molecule has 4 heteroatoms. The van der Waals surface area contributed by atoms with Gasteiger partial charge >= 0.3 is 0 Å². The average molecular weight is 367 g/mol. The maximum atomic E-state index is 6.25. The Morgan fingerprint density at radius 1 is 1.33 bits per heavy atom. The van der Waals surface area contributed by atoms with Gasteiger partial charge in [-0.1, -0.05) is 45.7 Å². The van der Waals surface area contributed by atoms with E-state index >= 15 is 0 Å². The van der Waals surface area contributed by atoms with Gasteiger partial charge in [0.1, 0.15) is 5.75 Å². The van der Waals surface area contributed by atoms with Crippen LogP contribution in [0.25, 0.3) is 0 Å². The fourth-order valence-electron chi connectivity index (χ4n) is 2.84. The Kier molecular flexibility index (Phi) is 4.53. The summed E-state index contributed by atoms with van der Waals surface area (Å²) in [7, 11) is 1.98. The van der Waals surface area contributed by atoms with Gasteiger partial charge in [0.25, 0.3) is 0 Å². The van der Waals surface area contributed by atoms with Crippen molar-refractivity contribution in [2.75, 3.05) is 13.7 Å². The number of fused-ring (bicyclic) bond motifs is 1. The number of benzene rings is 2. The lowest BCUT2D eigenvalue weighted by Gasteiger charge is -2.20. The third kappa shape index (κ3) is 3.10. The van der Waals surface area contributed by atoms with Crippen LogP contribution in [-0.4, -0.2) is 13.7 Å². The molecule has 1 aliphatic heterocycles. The van der Waals surface area contributed by atoms with Crippen molar-refractivity contribution < 1.29 is 4.74 Å². The van der Waals surface area contributed by atoms with E-state index in [-0.39, 0.29) is 6.04 Å². The number of halogens is 2. The molecule has 2 aromatic rings. The van der Waals surface area contributed by atoms with Crippen molar-refractivity contribution in [2.24, 2.45) is 0 Å². The molecule has 0 aliphatic carbocycles. The molecule has 1 atom stereocenters. The largest absolute Gasteiger partial charge is 0.493 e. The number of nitrogens with one attached hydrogen (secondary N) is 1. The van der Waals surface area contributed by atoms with Gasteiger partial charge in [-0.3, -0.25) is 0 Å². The molecule has 2 aromatic carbocycles. The van der Waals surface area contributed by atoms with Gasteiger partial charge in [-0.2, -0.15) is 0 Å². The van der Waals surface area contributed by atoms with Crippen molar-refractivity contribution in [2.45, 2.75) is 18.9 Å². The monoisotopic (exact) mass is 365 g/mol. The molecule has 0 saturated heterocycles. The molecule has 0 amide bonds. The Hall–Kier alpha value is -1.03. The van der Waals surface area contributed by atoms with E-state index in [0.717, 1.165) is 34.7 Å².